The van der Waals surface area contributed by atoms with Crippen LogP contribution in [0, 0.1) is 12.1 Å². The topological polar surface area (TPSA) is 167 Å². The second-order valence-electron chi connectivity index (χ2n) is 9.57. The molecule has 238 valence electrons. The number of hydrogen-bond donors (Lipinski definition) is 1. The van der Waals surface area contributed by atoms with Crippen LogP contribution in [-0.2, 0) is 35.3 Å². The normalized spacial score (nSPS) is 12.9. The highest BCUT2D eigenvalue weighted by Crippen LogP contribution is 2.33. The molecule has 1 unspecified atom stereocenters. The lowest BCUT2D eigenvalue weighted by molar-refractivity contribution is -0.705. The van der Waals surface area contributed by atoms with Crippen molar-refractivity contribution in [1.82, 2.24) is 19.5 Å². The maximum absolute atomic E-state index is 13.5. The van der Waals surface area contributed by atoms with Crippen LogP contribution in [0.3, 0.4) is 0 Å². The van der Waals surface area contributed by atoms with Crippen molar-refractivity contribution in [2.75, 3.05) is 13.6 Å². The Balaban J connectivity index is 1.69. The number of aromatic nitrogens is 2. The number of sulfonamides is 1. The molecule has 0 aliphatic rings. The molecule has 0 saturated carbocycles. The fourth-order valence-corrected chi connectivity index (χ4v) is 4.45. The van der Waals surface area contributed by atoms with Gasteiger partial charge in [0.25, 0.3) is 22.2 Å². The van der Waals surface area contributed by atoms with Gasteiger partial charge in [0.1, 0.15) is 0 Å². The molecule has 14 nitrogen and oxygen atoms in total. The number of hydrogen-bond acceptors (Lipinski definition) is 10. The Hall–Kier alpha value is -4.87. The van der Waals surface area contributed by atoms with Crippen molar-refractivity contribution in [2.45, 2.75) is 51.2 Å². The number of hydrazine groups is 1. The summed E-state index contributed by atoms with van der Waals surface area (Å²) in [5, 5.41) is 19.5. The van der Waals surface area contributed by atoms with Crippen LogP contribution < -0.4 is 4.72 Å². The zero-order valence-corrected chi connectivity index (χ0v) is 24.9. The molecule has 3 aromatic rings. The van der Waals surface area contributed by atoms with E-state index in [1.54, 1.807) is 42.8 Å². The number of carbonyl (C=O) groups is 2. The third-order valence-electron chi connectivity index (χ3n) is 5.51. The molecule has 0 saturated heterocycles. The number of halogens is 3. The largest absolute Gasteiger partial charge is 0.569 e. The summed E-state index contributed by atoms with van der Waals surface area (Å²) < 4.78 is 78.2. The Morgan fingerprint density at radius 3 is 2.27 bits per heavy atom. The lowest BCUT2D eigenvalue weighted by Gasteiger charge is -2.15. The number of amides is 1. The van der Waals surface area contributed by atoms with Crippen LogP contribution in [0.1, 0.15) is 32.0 Å². The molecule has 44 heavy (non-hydrogen) atoms. The summed E-state index contributed by atoms with van der Waals surface area (Å²) >= 11 is 0. The van der Waals surface area contributed by atoms with Gasteiger partial charge in [-0.15, -0.1) is 5.01 Å². The fourth-order valence-electron chi connectivity index (χ4n) is 3.47. The molecule has 0 aliphatic carbocycles. The van der Waals surface area contributed by atoms with Gasteiger partial charge in [0.15, 0.2) is 12.2 Å². The highest BCUT2D eigenvalue weighted by molar-refractivity contribution is 7.90. The molecule has 0 spiro atoms. The first-order valence-corrected chi connectivity index (χ1v) is 14.3. The van der Waals surface area contributed by atoms with Crippen molar-refractivity contribution in [2.24, 2.45) is 5.28 Å². The van der Waals surface area contributed by atoms with Crippen molar-refractivity contribution in [1.29, 1.82) is 0 Å². The van der Waals surface area contributed by atoms with Crippen molar-refractivity contribution in [3.8, 4) is 16.9 Å². The van der Waals surface area contributed by atoms with Crippen molar-refractivity contribution in [3.05, 3.63) is 71.1 Å². The van der Waals surface area contributed by atoms with E-state index in [-0.39, 0.29) is 21.2 Å². The molecule has 2 aromatic carbocycles. The van der Waals surface area contributed by atoms with Gasteiger partial charge >= 0.3 is 12.3 Å². The quantitative estimate of drug-likeness (QED) is 0.105. The highest BCUT2D eigenvalue weighted by atomic mass is 32.2. The minimum Gasteiger partial charge on any atom is -0.569 e. The number of aryl methyl sites for hydroxylation is 1. The average Bonchev–Trinajstić information content (AvgIpc) is 3.37. The molecule has 3 rings (SSSR count). The summed E-state index contributed by atoms with van der Waals surface area (Å²) in [5.41, 5.74) is 0.458. The number of rotatable bonds is 11. The maximum Gasteiger partial charge on any atom is 0.511 e. The molecule has 0 aliphatic heterocycles. The standard InChI is InChI=1S/C26H29F3N6O8S/c1-16(2)41-25(37)42-18(4)43-32-35(38)33(5)15-24(36)31-44(39,40)21-12-10-20(11-13-21)34-22(14-23(30-34)26(27,28)29)19-8-6-17(3)7-9-19/h6-14,16,18H,15H2,1-5H3,(H,31,36). The Bertz CT molecular complexity index is 1610. The smallest absolute Gasteiger partial charge is 0.511 e. The SMILES string of the molecule is Cc1ccc(-c2cc(C(F)(F)F)nn2-c2ccc(S(=O)(=O)NC(=O)CN(C)[N+]([O-])=NOC(C)OC(=O)OC(C)C)cc2)cc1. The zero-order valence-electron chi connectivity index (χ0n) is 24.1. The first kappa shape index (κ1) is 33.6. The minimum atomic E-state index is -4.72. The number of carbonyl (C=O) groups excluding carboxylic acids is 2. The van der Waals surface area contributed by atoms with Gasteiger partial charge in [0.2, 0.25) is 5.28 Å². The first-order valence-electron chi connectivity index (χ1n) is 12.8. The van der Waals surface area contributed by atoms with Crippen LogP contribution >= 0.6 is 0 Å². The number of ether oxygens (including phenoxy) is 2. The summed E-state index contributed by atoms with van der Waals surface area (Å²) in [4.78, 5) is 27.9. The van der Waals surface area contributed by atoms with Crippen LogP contribution in [0.5, 0.6) is 0 Å². The second-order valence-corrected chi connectivity index (χ2v) is 11.3. The summed E-state index contributed by atoms with van der Waals surface area (Å²) in [6.45, 7) is 5.46. The number of nitrogens with zero attached hydrogens (tertiary/aromatic N) is 5. The fraction of sp³-hybridized carbons (Fsp3) is 0.346. The predicted octanol–water partition coefficient (Wildman–Crippen LogP) is 4.32. The van der Waals surface area contributed by atoms with Gasteiger partial charge in [0, 0.05) is 12.5 Å². The van der Waals surface area contributed by atoms with E-state index in [1.807, 2.05) is 6.92 Å². The Morgan fingerprint density at radius 2 is 1.70 bits per heavy atom. The third kappa shape index (κ3) is 9.06. The zero-order chi connectivity index (χ0) is 32.8. The van der Waals surface area contributed by atoms with Crippen molar-refractivity contribution >= 4 is 22.1 Å². The van der Waals surface area contributed by atoms with Gasteiger partial charge in [-0.3, -0.25) is 9.63 Å². The van der Waals surface area contributed by atoms with E-state index in [1.165, 1.54) is 19.1 Å². The van der Waals surface area contributed by atoms with Gasteiger partial charge in [-0.1, -0.05) is 29.8 Å². The molecule has 0 bridgehead atoms. The van der Waals surface area contributed by atoms with Gasteiger partial charge in [-0.25, -0.2) is 22.6 Å². The van der Waals surface area contributed by atoms with Crippen LogP contribution in [0.4, 0.5) is 18.0 Å². The molecule has 1 N–H and O–H groups in total. The lowest BCUT2D eigenvalue weighted by Crippen LogP contribution is -2.40. The van der Waals surface area contributed by atoms with Crippen LogP contribution in [0.15, 0.2) is 64.8 Å². The van der Waals surface area contributed by atoms with Crippen molar-refractivity contribution in [3.63, 3.8) is 0 Å². The molecule has 1 atom stereocenters. The molecule has 18 heteroatoms. The molecular weight excluding hydrogens is 613 g/mol. The molecule has 1 amide bonds. The minimum absolute atomic E-state index is 0.122. The third-order valence-corrected chi connectivity index (χ3v) is 6.90. The second kappa shape index (κ2) is 13.6. The van der Waals surface area contributed by atoms with Gasteiger partial charge in [0.05, 0.1) is 34.4 Å². The van der Waals surface area contributed by atoms with Crippen LogP contribution in [0.2, 0.25) is 0 Å². The van der Waals surface area contributed by atoms with Gasteiger partial charge in [-0.2, -0.15) is 18.3 Å². The highest BCUT2D eigenvalue weighted by Gasteiger charge is 2.35. The van der Waals surface area contributed by atoms with E-state index in [0.29, 0.717) is 10.6 Å². The summed E-state index contributed by atoms with van der Waals surface area (Å²) in [6, 6.07) is 12.2. The van der Waals surface area contributed by atoms with Gasteiger partial charge < -0.3 is 14.7 Å². The Labute approximate surface area is 250 Å². The summed E-state index contributed by atoms with van der Waals surface area (Å²) in [7, 11) is -3.35. The lowest BCUT2D eigenvalue weighted by atomic mass is 10.1. The number of likely N-dealkylation sites (N-methyl/N-ethyl adjacent to an activating group) is 1. The van der Waals surface area contributed by atoms with Gasteiger partial charge in [-0.05, 0) is 51.1 Å². The molecule has 1 heterocycles. The van der Waals surface area contributed by atoms with E-state index in [9.17, 15) is 36.4 Å². The Kier molecular flexibility index (Phi) is 10.4. The van der Waals surface area contributed by atoms with E-state index in [2.05, 4.69) is 10.4 Å². The van der Waals surface area contributed by atoms with Crippen molar-refractivity contribution < 1.29 is 50.5 Å². The van der Waals surface area contributed by atoms with E-state index >= 15 is 0 Å². The summed E-state index contributed by atoms with van der Waals surface area (Å²) in [5.74, 6) is -1.12. The van der Waals surface area contributed by atoms with Crippen LogP contribution in [0.25, 0.3) is 16.9 Å². The monoisotopic (exact) mass is 642 g/mol. The van der Waals surface area contributed by atoms with Crippen LogP contribution in [-0.4, -0.2) is 66.2 Å². The van der Waals surface area contributed by atoms with E-state index in [4.69, 9.17) is 14.3 Å². The maximum atomic E-state index is 13.5. The number of alkyl halides is 3. The summed E-state index contributed by atoms with van der Waals surface area (Å²) in [6.07, 6.45) is -7.56. The molecule has 0 radical (unpaired) electrons. The molecular formula is C26H29F3N6O8S. The van der Waals surface area contributed by atoms with E-state index < -0.39 is 52.9 Å². The number of nitrogens with one attached hydrogen (secondary N) is 1. The predicted molar refractivity (Wildman–Crippen MR) is 146 cm³/mol. The number of benzene rings is 2. The van der Waals surface area contributed by atoms with E-state index in [0.717, 1.165) is 35.5 Å². The Morgan fingerprint density at radius 1 is 1.09 bits per heavy atom. The molecule has 0 fully saturated rings. The first-order chi connectivity index (χ1) is 20.5. The average molecular weight is 643 g/mol. The molecule has 1 aromatic heterocycles.